The molecule has 3 rings (SSSR count). The van der Waals surface area contributed by atoms with Crippen molar-refractivity contribution in [1.29, 1.82) is 0 Å². The molecule has 0 bridgehead atoms. The first-order valence-corrected chi connectivity index (χ1v) is 8.02. The highest BCUT2D eigenvalue weighted by Gasteiger charge is 2.18. The number of fused-ring (bicyclic) bond motifs is 1. The van der Waals surface area contributed by atoms with E-state index in [4.69, 9.17) is 5.73 Å². The van der Waals surface area contributed by atoms with Crippen molar-refractivity contribution in [2.24, 2.45) is 11.7 Å². The summed E-state index contributed by atoms with van der Waals surface area (Å²) in [5, 5.41) is 3.21. The van der Waals surface area contributed by atoms with Gasteiger partial charge in [-0.15, -0.1) is 23.1 Å². The molecular formula is C12H17N3S2. The normalized spacial score (nSPS) is 17.2. The van der Waals surface area contributed by atoms with Crippen molar-refractivity contribution in [3.8, 4) is 0 Å². The maximum atomic E-state index is 5.83. The minimum atomic E-state index is 0.574. The lowest BCUT2D eigenvalue weighted by Gasteiger charge is -2.07. The van der Waals surface area contributed by atoms with Gasteiger partial charge >= 0.3 is 0 Å². The largest absolute Gasteiger partial charge is 0.325 e. The van der Waals surface area contributed by atoms with Gasteiger partial charge in [0, 0.05) is 23.9 Å². The average Bonchev–Trinajstić information content (AvgIpc) is 3.02. The van der Waals surface area contributed by atoms with E-state index < -0.39 is 0 Å². The second kappa shape index (κ2) is 5.00. The Bertz CT molecular complexity index is 497. The quantitative estimate of drug-likeness (QED) is 0.865. The molecule has 1 aliphatic rings. The fraction of sp³-hybridized carbons (Fsp3) is 0.583. The molecule has 92 valence electrons. The smallest absolute Gasteiger partial charge is 0.194 e. The van der Waals surface area contributed by atoms with Crippen LogP contribution in [0.5, 0.6) is 0 Å². The van der Waals surface area contributed by atoms with Crippen LogP contribution in [0.3, 0.4) is 0 Å². The molecule has 1 saturated carbocycles. The number of thiazole rings is 1. The van der Waals surface area contributed by atoms with Crippen molar-refractivity contribution in [3.05, 3.63) is 17.3 Å². The van der Waals surface area contributed by atoms with Gasteiger partial charge in [-0.2, -0.15) is 0 Å². The molecule has 0 atom stereocenters. The van der Waals surface area contributed by atoms with Gasteiger partial charge in [0.2, 0.25) is 0 Å². The molecule has 0 aliphatic heterocycles. The lowest BCUT2D eigenvalue weighted by Crippen LogP contribution is -2.02. The second-order valence-corrected chi connectivity index (χ2v) is 6.47. The Hall–Kier alpha value is -0.520. The van der Waals surface area contributed by atoms with Crippen LogP contribution in [0.1, 0.15) is 31.4 Å². The van der Waals surface area contributed by atoms with E-state index in [0.717, 1.165) is 15.9 Å². The first kappa shape index (κ1) is 11.6. The van der Waals surface area contributed by atoms with E-state index in [1.54, 1.807) is 11.3 Å². The highest BCUT2D eigenvalue weighted by atomic mass is 32.2. The molecule has 0 spiro atoms. The molecule has 2 aromatic rings. The van der Waals surface area contributed by atoms with Crippen molar-refractivity contribution in [2.75, 3.05) is 5.75 Å². The molecule has 0 radical (unpaired) electrons. The number of imidazole rings is 1. The van der Waals surface area contributed by atoms with Crippen molar-refractivity contribution >= 4 is 28.1 Å². The first-order chi connectivity index (χ1) is 8.38. The molecule has 3 nitrogen and oxygen atoms in total. The number of thioether (sulfide) groups is 1. The van der Waals surface area contributed by atoms with E-state index in [-0.39, 0.29) is 0 Å². The lowest BCUT2D eigenvalue weighted by atomic mass is 10.1. The third kappa shape index (κ3) is 2.23. The molecule has 2 N–H and O–H groups in total. The summed E-state index contributed by atoms with van der Waals surface area (Å²) in [7, 11) is 0. The number of rotatable bonds is 4. The van der Waals surface area contributed by atoms with Crippen molar-refractivity contribution in [3.63, 3.8) is 0 Å². The highest BCUT2D eigenvalue weighted by Crippen LogP contribution is 2.32. The molecule has 0 amide bonds. The molecule has 1 fully saturated rings. The van der Waals surface area contributed by atoms with E-state index in [2.05, 4.69) is 21.0 Å². The van der Waals surface area contributed by atoms with E-state index in [9.17, 15) is 0 Å². The summed E-state index contributed by atoms with van der Waals surface area (Å²) < 4.78 is 2.13. The van der Waals surface area contributed by atoms with Crippen molar-refractivity contribution in [2.45, 2.75) is 37.3 Å². The Kier molecular flexibility index (Phi) is 3.40. The van der Waals surface area contributed by atoms with Crippen LogP contribution in [0, 0.1) is 5.92 Å². The fourth-order valence-electron chi connectivity index (χ4n) is 2.49. The van der Waals surface area contributed by atoms with Crippen LogP contribution in [0.25, 0.3) is 4.96 Å². The van der Waals surface area contributed by atoms with Crippen LogP contribution in [0.15, 0.2) is 16.6 Å². The minimum Gasteiger partial charge on any atom is -0.325 e. The van der Waals surface area contributed by atoms with Crippen LogP contribution >= 0.6 is 23.1 Å². The Morgan fingerprint density at radius 1 is 1.47 bits per heavy atom. The summed E-state index contributed by atoms with van der Waals surface area (Å²) in [6, 6.07) is 0. The topological polar surface area (TPSA) is 43.3 Å². The molecule has 0 unspecified atom stereocenters. The van der Waals surface area contributed by atoms with Crippen LogP contribution < -0.4 is 5.73 Å². The van der Waals surface area contributed by atoms with E-state index in [1.165, 1.54) is 37.1 Å². The van der Waals surface area contributed by atoms with Crippen LogP contribution in [-0.4, -0.2) is 15.1 Å². The van der Waals surface area contributed by atoms with Gasteiger partial charge in [0.15, 0.2) is 4.96 Å². The van der Waals surface area contributed by atoms with Gasteiger partial charge in [-0.1, -0.05) is 12.8 Å². The van der Waals surface area contributed by atoms with Gasteiger partial charge in [0.05, 0.1) is 5.69 Å². The van der Waals surface area contributed by atoms with Crippen LogP contribution in [-0.2, 0) is 6.54 Å². The van der Waals surface area contributed by atoms with E-state index in [1.807, 2.05) is 11.8 Å². The summed E-state index contributed by atoms with van der Waals surface area (Å²) in [6.07, 6.45) is 7.68. The molecule has 1 aliphatic carbocycles. The lowest BCUT2D eigenvalue weighted by molar-refractivity contribution is 0.622. The average molecular weight is 267 g/mol. The molecule has 0 aromatic carbocycles. The third-order valence-corrected chi connectivity index (χ3v) is 5.44. The van der Waals surface area contributed by atoms with Gasteiger partial charge in [-0.3, -0.25) is 4.40 Å². The summed E-state index contributed by atoms with van der Waals surface area (Å²) in [4.78, 5) is 5.74. The molecular weight excluding hydrogens is 250 g/mol. The first-order valence-electron chi connectivity index (χ1n) is 6.16. The standard InChI is InChI=1S/C12H17N3S2/c13-7-10-11(14-12-15(10)5-6-16-12)17-8-9-3-1-2-4-9/h5-6,9H,1-4,7-8,13H2. The maximum absolute atomic E-state index is 5.83. The molecule has 0 saturated heterocycles. The Morgan fingerprint density at radius 3 is 3.06 bits per heavy atom. The maximum Gasteiger partial charge on any atom is 0.194 e. The SMILES string of the molecule is NCc1c(SCC2CCCC2)nc2sccn12. The Morgan fingerprint density at radius 2 is 2.29 bits per heavy atom. The van der Waals surface area contributed by atoms with E-state index >= 15 is 0 Å². The Labute approximate surface area is 109 Å². The van der Waals surface area contributed by atoms with E-state index in [0.29, 0.717) is 6.54 Å². The predicted molar refractivity (Wildman–Crippen MR) is 73.6 cm³/mol. The summed E-state index contributed by atoms with van der Waals surface area (Å²) in [6.45, 7) is 0.574. The monoisotopic (exact) mass is 267 g/mol. The zero-order valence-corrected chi connectivity index (χ0v) is 11.4. The second-order valence-electron chi connectivity index (χ2n) is 4.58. The molecule has 2 heterocycles. The van der Waals surface area contributed by atoms with Crippen molar-refractivity contribution in [1.82, 2.24) is 9.38 Å². The number of nitrogens with zero attached hydrogens (tertiary/aromatic N) is 2. The van der Waals surface area contributed by atoms with Gasteiger partial charge in [0.25, 0.3) is 0 Å². The minimum absolute atomic E-state index is 0.574. The summed E-state index contributed by atoms with van der Waals surface area (Å²) >= 11 is 3.57. The zero-order chi connectivity index (χ0) is 11.7. The number of nitrogens with two attached hydrogens (primary N) is 1. The zero-order valence-electron chi connectivity index (χ0n) is 9.76. The number of aromatic nitrogens is 2. The fourth-order valence-corrected chi connectivity index (χ4v) is 4.50. The summed E-state index contributed by atoms with van der Waals surface area (Å²) in [5.74, 6) is 2.10. The number of hydrogen-bond donors (Lipinski definition) is 1. The van der Waals surface area contributed by atoms with Crippen LogP contribution in [0.2, 0.25) is 0 Å². The van der Waals surface area contributed by atoms with Crippen LogP contribution in [0.4, 0.5) is 0 Å². The van der Waals surface area contributed by atoms with Gasteiger partial charge in [-0.05, 0) is 18.8 Å². The van der Waals surface area contributed by atoms with Gasteiger partial charge in [0.1, 0.15) is 5.03 Å². The Balaban J connectivity index is 1.76. The molecule has 5 heteroatoms. The van der Waals surface area contributed by atoms with Gasteiger partial charge in [-0.25, -0.2) is 4.98 Å². The highest BCUT2D eigenvalue weighted by molar-refractivity contribution is 7.99. The third-order valence-electron chi connectivity index (χ3n) is 3.45. The predicted octanol–water partition coefficient (Wildman–Crippen LogP) is 3.14. The van der Waals surface area contributed by atoms with Gasteiger partial charge < -0.3 is 5.73 Å². The number of hydrogen-bond acceptors (Lipinski definition) is 4. The van der Waals surface area contributed by atoms with Crippen molar-refractivity contribution < 1.29 is 0 Å². The molecule has 2 aromatic heterocycles. The molecule has 17 heavy (non-hydrogen) atoms. The summed E-state index contributed by atoms with van der Waals surface area (Å²) in [5.41, 5.74) is 7.01.